The Morgan fingerprint density at radius 3 is 1.96 bits per heavy atom. The highest BCUT2D eigenvalue weighted by Gasteiger charge is 2.47. The number of aryl methyl sites for hydroxylation is 1. The van der Waals surface area contributed by atoms with E-state index < -0.39 is 14.3 Å². The first-order valence-electron chi connectivity index (χ1n) is 9.21. The van der Waals surface area contributed by atoms with Crippen LogP contribution in [0.4, 0.5) is 0 Å². The Kier molecular flexibility index (Phi) is 5.71. The SMILES string of the molecule is Cc1ccc2c(O)c(C(=O)O)cc(O[Si](C(C)C)(C(C)C)C(C)C)c2c1. The fraction of sp³-hybridized carbons (Fsp3) is 0.476. The number of aromatic hydroxyl groups is 1. The number of carboxylic acids is 1. The Hall–Kier alpha value is -2.01. The zero-order chi connectivity index (χ0) is 19.8. The number of fused-ring (bicyclic) bond motifs is 1. The van der Waals surface area contributed by atoms with Crippen molar-refractivity contribution in [3.63, 3.8) is 0 Å². The maximum absolute atomic E-state index is 11.6. The van der Waals surface area contributed by atoms with Gasteiger partial charge in [-0.2, -0.15) is 0 Å². The average molecular weight is 375 g/mol. The molecular formula is C21H30O4Si. The molecule has 2 aromatic carbocycles. The van der Waals surface area contributed by atoms with Gasteiger partial charge in [0, 0.05) is 10.8 Å². The summed E-state index contributed by atoms with van der Waals surface area (Å²) >= 11 is 0. The summed E-state index contributed by atoms with van der Waals surface area (Å²) in [7, 11) is -2.25. The van der Waals surface area contributed by atoms with Crippen molar-refractivity contribution in [3.8, 4) is 11.5 Å². The van der Waals surface area contributed by atoms with Gasteiger partial charge in [-0.1, -0.05) is 59.2 Å². The Labute approximate surface area is 156 Å². The summed E-state index contributed by atoms with van der Waals surface area (Å²) in [5, 5.41) is 21.2. The van der Waals surface area contributed by atoms with Gasteiger partial charge in [-0.05, 0) is 35.7 Å². The molecule has 0 saturated carbocycles. The van der Waals surface area contributed by atoms with Crippen LogP contribution in [0.25, 0.3) is 10.8 Å². The van der Waals surface area contributed by atoms with Gasteiger partial charge in [-0.3, -0.25) is 0 Å². The summed E-state index contributed by atoms with van der Waals surface area (Å²) in [6, 6.07) is 7.09. The van der Waals surface area contributed by atoms with E-state index in [1.54, 1.807) is 6.07 Å². The molecule has 5 heteroatoms. The number of hydrogen-bond donors (Lipinski definition) is 2. The highest BCUT2D eigenvalue weighted by molar-refractivity contribution is 6.78. The van der Waals surface area contributed by atoms with E-state index >= 15 is 0 Å². The molecule has 0 unspecified atom stereocenters. The molecule has 0 aromatic heterocycles. The first kappa shape index (κ1) is 20.3. The average Bonchev–Trinajstić information content (AvgIpc) is 2.52. The van der Waals surface area contributed by atoms with Gasteiger partial charge < -0.3 is 14.6 Å². The van der Waals surface area contributed by atoms with E-state index in [4.69, 9.17) is 4.43 Å². The molecular weight excluding hydrogens is 344 g/mol. The molecule has 2 rings (SSSR count). The van der Waals surface area contributed by atoms with Gasteiger partial charge in [0.1, 0.15) is 17.1 Å². The van der Waals surface area contributed by atoms with Crippen molar-refractivity contribution in [2.75, 3.05) is 0 Å². The minimum atomic E-state index is -2.25. The number of phenols is 1. The van der Waals surface area contributed by atoms with Gasteiger partial charge in [0.15, 0.2) is 0 Å². The lowest BCUT2D eigenvalue weighted by molar-refractivity contribution is 0.0693. The summed E-state index contributed by atoms with van der Waals surface area (Å²) in [4.78, 5) is 11.6. The molecule has 0 bridgehead atoms. The summed E-state index contributed by atoms with van der Waals surface area (Å²) in [6.45, 7) is 15.1. The summed E-state index contributed by atoms with van der Waals surface area (Å²) in [5.74, 6) is -0.784. The van der Waals surface area contributed by atoms with E-state index in [0.717, 1.165) is 10.9 Å². The maximum Gasteiger partial charge on any atom is 0.339 e. The number of carbonyl (C=O) groups is 1. The van der Waals surface area contributed by atoms with Crippen molar-refractivity contribution in [3.05, 3.63) is 35.4 Å². The van der Waals surface area contributed by atoms with Crippen molar-refractivity contribution < 1.29 is 19.4 Å². The number of benzene rings is 2. The second kappa shape index (κ2) is 7.31. The second-order valence-corrected chi connectivity index (χ2v) is 13.4. The second-order valence-electron chi connectivity index (χ2n) is 8.04. The molecule has 142 valence electrons. The Morgan fingerprint density at radius 1 is 0.962 bits per heavy atom. The lowest BCUT2D eigenvalue weighted by Crippen LogP contribution is -2.50. The molecule has 0 fully saturated rings. The smallest absolute Gasteiger partial charge is 0.339 e. The monoisotopic (exact) mass is 374 g/mol. The van der Waals surface area contributed by atoms with Crippen LogP contribution < -0.4 is 4.43 Å². The molecule has 0 amide bonds. The highest BCUT2D eigenvalue weighted by atomic mass is 28.4. The third-order valence-corrected chi connectivity index (χ3v) is 11.4. The van der Waals surface area contributed by atoms with Crippen LogP contribution in [0, 0.1) is 6.92 Å². The Bertz CT molecular complexity index is 803. The molecule has 2 N–H and O–H groups in total. The van der Waals surface area contributed by atoms with Crippen LogP contribution in [0.3, 0.4) is 0 Å². The van der Waals surface area contributed by atoms with E-state index in [-0.39, 0.29) is 11.3 Å². The Balaban J connectivity index is 2.81. The fourth-order valence-corrected chi connectivity index (χ4v) is 9.54. The van der Waals surface area contributed by atoms with Gasteiger partial charge in [0.2, 0.25) is 0 Å². The van der Waals surface area contributed by atoms with Crippen LogP contribution in [-0.4, -0.2) is 24.5 Å². The third kappa shape index (κ3) is 3.32. The number of carboxylic acid groups (broad SMARTS) is 1. The molecule has 0 aliphatic rings. The topological polar surface area (TPSA) is 66.8 Å². The molecule has 0 heterocycles. The van der Waals surface area contributed by atoms with Crippen molar-refractivity contribution in [2.24, 2.45) is 0 Å². The summed E-state index contributed by atoms with van der Waals surface area (Å²) < 4.78 is 6.76. The fourth-order valence-electron chi connectivity index (χ4n) is 4.28. The molecule has 0 atom stereocenters. The van der Waals surface area contributed by atoms with E-state index in [1.807, 2.05) is 19.1 Å². The summed E-state index contributed by atoms with van der Waals surface area (Å²) in [6.07, 6.45) is 0. The van der Waals surface area contributed by atoms with Crippen molar-refractivity contribution >= 4 is 25.1 Å². The van der Waals surface area contributed by atoms with Crippen LogP contribution in [0.5, 0.6) is 11.5 Å². The van der Waals surface area contributed by atoms with Crippen LogP contribution in [0.2, 0.25) is 16.6 Å². The predicted octanol–water partition coefficient (Wildman–Crippen LogP) is 6.11. The highest BCUT2D eigenvalue weighted by Crippen LogP contribution is 2.45. The molecule has 0 saturated heterocycles. The zero-order valence-corrected chi connectivity index (χ0v) is 17.8. The molecule has 0 spiro atoms. The quantitative estimate of drug-likeness (QED) is 0.599. The van der Waals surface area contributed by atoms with Crippen LogP contribution in [0.1, 0.15) is 57.5 Å². The largest absolute Gasteiger partial charge is 0.542 e. The first-order valence-corrected chi connectivity index (χ1v) is 11.3. The van der Waals surface area contributed by atoms with E-state index in [9.17, 15) is 15.0 Å². The first-order chi connectivity index (χ1) is 12.0. The maximum atomic E-state index is 11.6. The lowest BCUT2D eigenvalue weighted by atomic mass is 10.0. The molecule has 2 aromatic rings. The van der Waals surface area contributed by atoms with Gasteiger partial charge in [0.05, 0.1) is 0 Å². The van der Waals surface area contributed by atoms with Crippen molar-refractivity contribution in [1.29, 1.82) is 0 Å². The van der Waals surface area contributed by atoms with Crippen LogP contribution in [0.15, 0.2) is 24.3 Å². The van der Waals surface area contributed by atoms with Crippen molar-refractivity contribution in [2.45, 2.75) is 65.1 Å². The standard InChI is InChI=1S/C21H30O4Si/c1-12(2)26(13(3)4,14(5)6)25-19-11-18(21(23)24)20(22)16-9-8-15(7)10-17(16)19/h8-14,22H,1-7H3,(H,23,24). The minimum Gasteiger partial charge on any atom is -0.542 e. The Morgan fingerprint density at radius 2 is 1.50 bits per heavy atom. The minimum absolute atomic E-state index is 0.115. The van der Waals surface area contributed by atoms with Crippen LogP contribution >= 0.6 is 0 Å². The lowest BCUT2D eigenvalue weighted by Gasteiger charge is -2.42. The molecule has 0 aliphatic carbocycles. The van der Waals surface area contributed by atoms with E-state index in [0.29, 0.717) is 27.8 Å². The molecule has 0 aliphatic heterocycles. The molecule has 4 nitrogen and oxygen atoms in total. The number of aromatic carboxylic acids is 1. The molecule has 26 heavy (non-hydrogen) atoms. The van der Waals surface area contributed by atoms with Crippen LogP contribution in [-0.2, 0) is 0 Å². The van der Waals surface area contributed by atoms with Gasteiger partial charge in [-0.15, -0.1) is 0 Å². The van der Waals surface area contributed by atoms with E-state index in [1.165, 1.54) is 6.07 Å². The predicted molar refractivity (Wildman–Crippen MR) is 109 cm³/mol. The summed E-state index contributed by atoms with van der Waals surface area (Å²) in [5.41, 5.74) is 2.02. The van der Waals surface area contributed by atoms with Gasteiger partial charge in [-0.25, -0.2) is 4.79 Å². The zero-order valence-electron chi connectivity index (χ0n) is 16.8. The number of hydrogen-bond acceptors (Lipinski definition) is 3. The number of rotatable bonds is 6. The van der Waals surface area contributed by atoms with Gasteiger partial charge >= 0.3 is 5.97 Å². The third-order valence-electron chi connectivity index (χ3n) is 5.45. The van der Waals surface area contributed by atoms with Crippen molar-refractivity contribution in [1.82, 2.24) is 0 Å². The van der Waals surface area contributed by atoms with Gasteiger partial charge in [0.25, 0.3) is 8.32 Å². The molecule has 0 radical (unpaired) electrons. The van der Waals surface area contributed by atoms with E-state index in [2.05, 4.69) is 41.5 Å². The normalized spacial score (nSPS) is 12.4.